The summed E-state index contributed by atoms with van der Waals surface area (Å²) in [6.45, 7) is 0. The molecule has 0 saturated carbocycles. The Morgan fingerprint density at radius 3 is 2.07 bits per heavy atom. The summed E-state index contributed by atoms with van der Waals surface area (Å²) in [5.41, 5.74) is 0.939. The van der Waals surface area contributed by atoms with E-state index < -0.39 is 21.2 Å². The van der Waals surface area contributed by atoms with Crippen LogP contribution in [0.2, 0.25) is 0 Å². The van der Waals surface area contributed by atoms with Crippen molar-refractivity contribution in [2.45, 2.75) is 0 Å². The zero-order chi connectivity index (χ0) is 18.3. The monoisotopic (exact) mass is 466 g/mol. The summed E-state index contributed by atoms with van der Waals surface area (Å²) in [4.78, 5) is 9.14. The molecule has 0 spiro atoms. The predicted molar refractivity (Wildman–Crippen MR) is 102 cm³/mol. The molecule has 27 heavy (non-hydrogen) atoms. The fourth-order valence-corrected chi connectivity index (χ4v) is 4.58. The molecular weight excluding hydrogens is 449 g/mol. The molecule has 0 fully saturated rings. The van der Waals surface area contributed by atoms with Gasteiger partial charge in [-0.2, -0.15) is 0 Å². The van der Waals surface area contributed by atoms with E-state index in [0.29, 0.717) is 11.8 Å². The van der Waals surface area contributed by atoms with E-state index in [4.69, 9.17) is 4.74 Å². The number of rotatable bonds is 6. The van der Waals surface area contributed by atoms with Crippen LogP contribution < -0.4 is 31.3 Å². The number of hydrogen-bond acceptors (Lipinski definition) is 4. The molecule has 1 heterocycles. The molecule has 0 unspecified atom stereocenters. The number of para-hydroxylation sites is 2. The Balaban J connectivity index is 1.65. The first-order valence-corrected chi connectivity index (χ1v) is 10.6. The second kappa shape index (κ2) is 8.64. The van der Waals surface area contributed by atoms with Gasteiger partial charge in [0.25, 0.3) is 0 Å². The topological polar surface area (TPSA) is 47.0 Å². The third-order valence-corrected chi connectivity index (χ3v) is 6.31. The molecule has 5 heteroatoms. The van der Waals surface area contributed by atoms with Gasteiger partial charge in [0.15, 0.2) is 0 Å². The van der Waals surface area contributed by atoms with Crippen LogP contribution in [-0.4, -0.2) is 9.97 Å². The third kappa shape index (κ3) is 4.83. The number of nitrogens with zero attached hydrogens (tertiary/aromatic N) is 2. The van der Waals surface area contributed by atoms with Crippen molar-refractivity contribution in [3.8, 4) is 11.6 Å². The van der Waals surface area contributed by atoms with Crippen LogP contribution in [-0.2, 0) is 0 Å². The zero-order valence-electron chi connectivity index (χ0n) is 14.4. The molecule has 4 rings (SSSR count). The number of aromatic nitrogens is 2. The van der Waals surface area contributed by atoms with Gasteiger partial charge in [0.2, 0.25) is 0 Å². The number of nitrogens with one attached hydrogen (secondary N) is 1. The summed E-state index contributed by atoms with van der Waals surface area (Å²) in [6, 6.07) is 30.0. The molecule has 4 aromatic rings. The molecule has 0 bridgehead atoms. The molecule has 0 aliphatic heterocycles. The molecule has 1 N–H and O–H groups in total. The van der Waals surface area contributed by atoms with E-state index in [-0.39, 0.29) is 0 Å². The Hall–Kier alpha value is -2.93. The molecule has 0 saturated heterocycles. The van der Waals surface area contributed by atoms with Gasteiger partial charge in [-0.05, 0) is 0 Å². The van der Waals surface area contributed by atoms with E-state index in [0.717, 1.165) is 15.0 Å². The van der Waals surface area contributed by atoms with Gasteiger partial charge < -0.3 is 0 Å². The summed E-state index contributed by atoms with van der Waals surface area (Å²) in [5, 5.41) is 3.23. The van der Waals surface area contributed by atoms with Crippen LogP contribution >= 0.6 is 0 Å². The molecule has 0 atom stereocenters. The van der Waals surface area contributed by atoms with Crippen LogP contribution in [0.1, 0.15) is 0 Å². The first-order valence-electron chi connectivity index (χ1n) is 8.49. The van der Waals surface area contributed by atoms with E-state index in [2.05, 4.69) is 39.6 Å². The molecule has 134 valence electrons. The van der Waals surface area contributed by atoms with Gasteiger partial charge >= 0.3 is 169 Å². The maximum absolute atomic E-state index is 6.10. The first kappa shape index (κ1) is 17.5. The van der Waals surface area contributed by atoms with Crippen LogP contribution in [0.4, 0.5) is 11.6 Å². The van der Waals surface area contributed by atoms with Gasteiger partial charge in [0, 0.05) is 0 Å². The van der Waals surface area contributed by atoms with Gasteiger partial charge in [-0.3, -0.25) is 0 Å². The molecule has 0 aliphatic carbocycles. The third-order valence-electron chi connectivity index (χ3n) is 3.64. The Labute approximate surface area is 168 Å². The Morgan fingerprint density at radius 1 is 0.741 bits per heavy atom. The molecule has 3 aromatic carbocycles. The van der Waals surface area contributed by atoms with E-state index >= 15 is 0 Å². The summed E-state index contributed by atoms with van der Waals surface area (Å²) in [6.07, 6.45) is 1.87. The van der Waals surface area contributed by atoms with Crippen LogP contribution in [0.3, 0.4) is 0 Å². The Morgan fingerprint density at radius 2 is 1.37 bits per heavy atom. The van der Waals surface area contributed by atoms with Crippen molar-refractivity contribution in [3.63, 3.8) is 0 Å². The van der Waals surface area contributed by atoms with Crippen LogP contribution in [0.25, 0.3) is 0 Å². The molecular formula is C22H17IN3O-. The maximum atomic E-state index is 6.10. The van der Waals surface area contributed by atoms with Crippen molar-refractivity contribution in [3.05, 3.63) is 104 Å². The Bertz CT molecular complexity index is 996. The molecule has 1 aromatic heterocycles. The normalized spacial score (nSPS) is 10.5. The van der Waals surface area contributed by atoms with Gasteiger partial charge in [-0.15, -0.1) is 0 Å². The predicted octanol–water partition coefficient (Wildman–Crippen LogP) is 2.14. The summed E-state index contributed by atoms with van der Waals surface area (Å²) >= 11 is -0.442. The van der Waals surface area contributed by atoms with Crippen molar-refractivity contribution in [1.29, 1.82) is 0 Å². The van der Waals surface area contributed by atoms with Crippen molar-refractivity contribution in [2.75, 3.05) is 5.32 Å². The summed E-state index contributed by atoms with van der Waals surface area (Å²) in [5.74, 6) is 1.89. The fourth-order valence-electron chi connectivity index (χ4n) is 2.39. The summed E-state index contributed by atoms with van der Waals surface area (Å²) in [7, 11) is 0. The van der Waals surface area contributed by atoms with Gasteiger partial charge in [-0.25, -0.2) is 0 Å². The minimum atomic E-state index is -0.442. The van der Waals surface area contributed by atoms with Crippen LogP contribution in [0.5, 0.6) is 11.6 Å². The van der Waals surface area contributed by atoms with Crippen molar-refractivity contribution in [1.82, 2.24) is 9.97 Å². The van der Waals surface area contributed by atoms with Crippen molar-refractivity contribution < 1.29 is 25.9 Å². The first-order chi connectivity index (χ1) is 13.4. The van der Waals surface area contributed by atoms with E-state index in [1.807, 2.05) is 72.9 Å². The SMILES string of the molecule is c1ccc(Nc2ncc([I-]c3ccccc3)c(Oc3ccccc3)n2)cc1. The molecule has 0 aliphatic rings. The van der Waals surface area contributed by atoms with Gasteiger partial charge in [0.05, 0.1) is 0 Å². The zero-order valence-corrected chi connectivity index (χ0v) is 16.6. The number of anilines is 2. The van der Waals surface area contributed by atoms with Gasteiger partial charge in [0.1, 0.15) is 0 Å². The molecule has 0 radical (unpaired) electrons. The number of ether oxygens (including phenoxy) is 1. The fraction of sp³-hybridized carbons (Fsp3) is 0. The number of hydrogen-bond donors (Lipinski definition) is 1. The van der Waals surface area contributed by atoms with Crippen molar-refractivity contribution in [2.24, 2.45) is 0 Å². The van der Waals surface area contributed by atoms with E-state index in [1.165, 1.54) is 3.57 Å². The standard InChI is InChI=1S/C22H17IN3O/c1-4-10-17(11-5-1)23-20-16-24-22(25-18-12-6-2-7-13-18)26-21(20)27-19-14-8-3-9-15-19/h1-16H,(H,24,25,26)/q-1. The number of benzene rings is 3. The average Bonchev–Trinajstić information content (AvgIpc) is 2.72. The second-order valence-corrected chi connectivity index (χ2v) is 8.59. The Kier molecular flexibility index (Phi) is 5.59. The van der Waals surface area contributed by atoms with E-state index in [9.17, 15) is 0 Å². The second-order valence-electron chi connectivity index (χ2n) is 5.64. The number of halogens is 1. The molecule has 4 nitrogen and oxygen atoms in total. The minimum absolute atomic E-state index is 0.442. The molecule has 0 amide bonds. The van der Waals surface area contributed by atoms with Crippen LogP contribution in [0, 0.1) is 7.14 Å². The van der Waals surface area contributed by atoms with Crippen LogP contribution in [0.15, 0.2) is 97.2 Å². The average molecular weight is 466 g/mol. The van der Waals surface area contributed by atoms with E-state index in [1.54, 1.807) is 0 Å². The quantitative estimate of drug-likeness (QED) is 0.443. The van der Waals surface area contributed by atoms with Gasteiger partial charge in [-0.1, -0.05) is 0 Å². The van der Waals surface area contributed by atoms with Crippen molar-refractivity contribution >= 4 is 11.6 Å². The summed E-state index contributed by atoms with van der Waals surface area (Å²) < 4.78 is 8.43.